The number of aromatic nitrogens is 6. The van der Waals surface area contributed by atoms with Crippen molar-refractivity contribution in [3.8, 4) is 6.01 Å². The van der Waals surface area contributed by atoms with E-state index in [0.717, 1.165) is 10.1 Å². The molecule has 3 aromatic rings. The van der Waals surface area contributed by atoms with Gasteiger partial charge < -0.3 is 15.2 Å². The van der Waals surface area contributed by atoms with Crippen molar-refractivity contribution < 1.29 is 9.84 Å². The third-order valence-electron chi connectivity index (χ3n) is 4.01. The van der Waals surface area contributed by atoms with Gasteiger partial charge in [-0.2, -0.15) is 4.98 Å². The van der Waals surface area contributed by atoms with Crippen LogP contribution in [0.1, 0.15) is 12.0 Å². The smallest absolute Gasteiger partial charge is 0.336 e. The first kappa shape index (κ1) is 19.6. The molecule has 0 spiro atoms. The molecule has 3 rings (SSSR count). The number of hydrogen-bond acceptors (Lipinski definition) is 9. The van der Waals surface area contributed by atoms with E-state index in [1.807, 2.05) is 6.07 Å². The van der Waals surface area contributed by atoms with E-state index in [1.165, 1.54) is 11.6 Å². The predicted octanol–water partition coefficient (Wildman–Crippen LogP) is -1.32. The molecule has 0 bridgehead atoms. The van der Waals surface area contributed by atoms with Crippen LogP contribution in [0.25, 0.3) is 11.2 Å². The van der Waals surface area contributed by atoms with Gasteiger partial charge in [-0.3, -0.25) is 18.9 Å². The van der Waals surface area contributed by atoms with E-state index in [2.05, 4.69) is 25.5 Å². The van der Waals surface area contributed by atoms with Gasteiger partial charge in [0.1, 0.15) is 0 Å². The highest BCUT2D eigenvalue weighted by molar-refractivity contribution is 5.68. The highest BCUT2D eigenvalue weighted by atomic mass is 16.5. The van der Waals surface area contributed by atoms with Crippen LogP contribution in [0.2, 0.25) is 0 Å². The third-order valence-corrected chi connectivity index (χ3v) is 4.01. The molecule has 148 valence electrons. The fourth-order valence-corrected chi connectivity index (χ4v) is 2.59. The zero-order chi connectivity index (χ0) is 19.9. The SMILES string of the molecule is Cn1c(=O)c2nc(OCCCNCCO)nnc2n(Cc2cccnc2)c1=O. The quantitative estimate of drug-likeness (QED) is 0.428. The van der Waals surface area contributed by atoms with Gasteiger partial charge in [0.05, 0.1) is 19.8 Å². The van der Waals surface area contributed by atoms with Crippen LogP contribution in [-0.2, 0) is 13.6 Å². The fourth-order valence-electron chi connectivity index (χ4n) is 2.59. The molecule has 0 unspecified atom stereocenters. The summed E-state index contributed by atoms with van der Waals surface area (Å²) in [4.78, 5) is 33.2. The molecule has 0 amide bonds. The molecule has 2 N–H and O–H groups in total. The van der Waals surface area contributed by atoms with Gasteiger partial charge in [-0.15, -0.1) is 5.10 Å². The van der Waals surface area contributed by atoms with Gasteiger partial charge in [0.25, 0.3) is 5.56 Å². The van der Waals surface area contributed by atoms with Crippen LogP contribution in [0.4, 0.5) is 0 Å². The van der Waals surface area contributed by atoms with E-state index in [0.29, 0.717) is 26.1 Å². The number of pyridine rings is 1. The summed E-state index contributed by atoms with van der Waals surface area (Å²) in [6.45, 7) is 1.75. The van der Waals surface area contributed by atoms with Gasteiger partial charge in [0.2, 0.25) is 0 Å². The Kier molecular flexibility index (Phi) is 6.40. The highest BCUT2D eigenvalue weighted by Gasteiger charge is 2.16. The van der Waals surface area contributed by atoms with Crippen molar-refractivity contribution >= 4 is 11.2 Å². The summed E-state index contributed by atoms with van der Waals surface area (Å²) in [7, 11) is 1.39. The molecule has 0 saturated heterocycles. The number of ether oxygens (including phenoxy) is 1. The molecular formula is C17H21N7O4. The first-order chi connectivity index (χ1) is 13.6. The molecule has 0 aliphatic rings. The zero-order valence-electron chi connectivity index (χ0n) is 15.4. The molecule has 0 aliphatic heterocycles. The summed E-state index contributed by atoms with van der Waals surface area (Å²) in [5.74, 6) is 0. The van der Waals surface area contributed by atoms with Gasteiger partial charge in [-0.25, -0.2) is 4.79 Å². The highest BCUT2D eigenvalue weighted by Crippen LogP contribution is 2.08. The van der Waals surface area contributed by atoms with E-state index >= 15 is 0 Å². The maximum Gasteiger partial charge on any atom is 0.336 e. The minimum Gasteiger partial charge on any atom is -0.462 e. The maximum absolute atomic E-state index is 12.5. The van der Waals surface area contributed by atoms with Crippen LogP contribution in [0.15, 0.2) is 34.1 Å². The normalized spacial score (nSPS) is 11.1. The van der Waals surface area contributed by atoms with Crippen LogP contribution in [0.5, 0.6) is 6.01 Å². The largest absolute Gasteiger partial charge is 0.462 e. The number of nitrogens with zero attached hydrogens (tertiary/aromatic N) is 6. The lowest BCUT2D eigenvalue weighted by Crippen LogP contribution is -2.39. The average molecular weight is 387 g/mol. The predicted molar refractivity (Wildman–Crippen MR) is 100 cm³/mol. The monoisotopic (exact) mass is 387 g/mol. The second-order valence-corrected chi connectivity index (χ2v) is 6.04. The molecule has 28 heavy (non-hydrogen) atoms. The van der Waals surface area contributed by atoms with Gasteiger partial charge in [-0.05, 0) is 24.6 Å². The first-order valence-electron chi connectivity index (χ1n) is 8.79. The molecule has 0 radical (unpaired) electrons. The Morgan fingerprint density at radius 3 is 2.86 bits per heavy atom. The summed E-state index contributed by atoms with van der Waals surface area (Å²) in [6, 6.07) is 3.55. The van der Waals surface area contributed by atoms with E-state index in [-0.39, 0.29) is 30.3 Å². The molecule has 3 aromatic heterocycles. The molecular weight excluding hydrogens is 366 g/mol. The van der Waals surface area contributed by atoms with Crippen molar-refractivity contribution in [1.29, 1.82) is 0 Å². The van der Waals surface area contributed by atoms with Gasteiger partial charge >= 0.3 is 11.7 Å². The molecule has 0 saturated carbocycles. The van der Waals surface area contributed by atoms with Crippen LogP contribution < -0.4 is 21.3 Å². The van der Waals surface area contributed by atoms with Gasteiger partial charge in [-0.1, -0.05) is 11.2 Å². The third kappa shape index (κ3) is 4.38. The van der Waals surface area contributed by atoms with Crippen LogP contribution in [-0.4, -0.2) is 60.7 Å². The van der Waals surface area contributed by atoms with E-state index in [9.17, 15) is 9.59 Å². The number of hydrogen-bond donors (Lipinski definition) is 2. The Labute approximate surface area is 159 Å². The first-order valence-corrected chi connectivity index (χ1v) is 8.79. The second kappa shape index (κ2) is 9.15. The molecule has 0 aliphatic carbocycles. The Bertz CT molecular complexity index is 1050. The van der Waals surface area contributed by atoms with Crippen molar-refractivity contribution in [1.82, 2.24) is 34.6 Å². The lowest BCUT2D eigenvalue weighted by atomic mass is 10.3. The lowest BCUT2D eigenvalue weighted by Gasteiger charge is -2.11. The van der Waals surface area contributed by atoms with Crippen molar-refractivity contribution in [2.24, 2.45) is 7.05 Å². The van der Waals surface area contributed by atoms with E-state index < -0.39 is 11.2 Å². The summed E-state index contributed by atoms with van der Waals surface area (Å²) in [6.07, 6.45) is 3.93. The van der Waals surface area contributed by atoms with Crippen LogP contribution in [0.3, 0.4) is 0 Å². The molecule has 0 atom stereocenters. The summed E-state index contributed by atoms with van der Waals surface area (Å²) < 4.78 is 7.76. The molecule has 11 nitrogen and oxygen atoms in total. The lowest BCUT2D eigenvalue weighted by molar-refractivity contribution is 0.271. The minimum absolute atomic E-state index is 0.00870. The average Bonchev–Trinajstić information content (AvgIpc) is 2.73. The minimum atomic E-state index is -0.563. The topological polar surface area (TPSA) is 137 Å². The maximum atomic E-state index is 12.5. The van der Waals surface area contributed by atoms with Crippen molar-refractivity contribution in [3.63, 3.8) is 0 Å². The molecule has 0 fully saturated rings. The zero-order valence-corrected chi connectivity index (χ0v) is 15.4. The van der Waals surface area contributed by atoms with Crippen molar-refractivity contribution in [2.45, 2.75) is 13.0 Å². The molecule has 3 heterocycles. The number of aliphatic hydroxyl groups is 1. The van der Waals surface area contributed by atoms with Crippen LogP contribution in [0, 0.1) is 0 Å². The Balaban J connectivity index is 1.87. The Morgan fingerprint density at radius 2 is 2.11 bits per heavy atom. The number of nitrogens with one attached hydrogen (secondary N) is 1. The Morgan fingerprint density at radius 1 is 1.25 bits per heavy atom. The van der Waals surface area contributed by atoms with Crippen molar-refractivity contribution in [2.75, 3.05) is 26.3 Å². The van der Waals surface area contributed by atoms with Crippen LogP contribution >= 0.6 is 0 Å². The fraction of sp³-hybridized carbons (Fsp3) is 0.412. The van der Waals surface area contributed by atoms with Gasteiger partial charge in [0.15, 0.2) is 11.2 Å². The summed E-state index contributed by atoms with van der Waals surface area (Å²) >= 11 is 0. The van der Waals surface area contributed by atoms with Crippen molar-refractivity contribution in [3.05, 3.63) is 50.9 Å². The summed E-state index contributed by atoms with van der Waals surface area (Å²) in [5.41, 5.74) is -0.196. The molecule has 11 heteroatoms. The molecule has 0 aromatic carbocycles. The van der Waals surface area contributed by atoms with E-state index in [4.69, 9.17) is 9.84 Å². The summed E-state index contributed by atoms with van der Waals surface area (Å²) in [5, 5.41) is 19.6. The number of fused-ring (bicyclic) bond motifs is 1. The van der Waals surface area contributed by atoms with Gasteiger partial charge in [0, 0.05) is 26.0 Å². The number of rotatable bonds is 9. The second-order valence-electron chi connectivity index (χ2n) is 6.04. The Hall–Kier alpha value is -3.18. The standard InChI is InChI=1S/C17H21N7O4/c1-23-15(26)13-14(24(17(23)27)11-12-4-2-5-19-10-12)21-22-16(20-13)28-9-3-6-18-7-8-25/h2,4-5,10,18,25H,3,6-9,11H2,1H3. The van der Waals surface area contributed by atoms with E-state index in [1.54, 1.807) is 18.5 Å². The number of aliphatic hydroxyl groups excluding tert-OH is 1.